The molecule has 0 spiro atoms. The molecule has 0 saturated carbocycles. The summed E-state index contributed by atoms with van der Waals surface area (Å²) in [5.74, 6) is -0.961. The second-order valence-electron chi connectivity index (χ2n) is 5.98. The number of halogens is 1. The Kier molecular flexibility index (Phi) is 4.68. The van der Waals surface area contributed by atoms with Crippen LogP contribution in [-0.2, 0) is 4.79 Å². The van der Waals surface area contributed by atoms with Crippen LogP contribution in [0.1, 0.15) is 30.6 Å². The Morgan fingerprint density at radius 3 is 2.77 bits per heavy atom. The van der Waals surface area contributed by atoms with Crippen LogP contribution in [-0.4, -0.2) is 47.2 Å². The van der Waals surface area contributed by atoms with E-state index in [-0.39, 0.29) is 18.9 Å². The van der Waals surface area contributed by atoms with Gasteiger partial charge in [-0.05, 0) is 24.1 Å². The van der Waals surface area contributed by atoms with Gasteiger partial charge < -0.3 is 14.7 Å². The average molecular weight is 309 g/mol. The molecule has 1 aromatic rings. The number of carboxylic acid groups (broad SMARTS) is 1. The maximum Gasteiger partial charge on any atom is 0.343 e. The Bertz CT molecular complexity index is 575. The maximum absolute atomic E-state index is 14.0. The van der Waals surface area contributed by atoms with Gasteiger partial charge in [-0.1, -0.05) is 19.9 Å². The number of ether oxygens (including phenoxy) is 1. The van der Waals surface area contributed by atoms with Crippen LogP contribution >= 0.6 is 0 Å². The van der Waals surface area contributed by atoms with E-state index in [1.54, 1.807) is 24.3 Å². The van der Waals surface area contributed by atoms with Crippen molar-refractivity contribution in [1.29, 1.82) is 0 Å². The molecule has 1 aromatic carbocycles. The molecule has 120 valence electrons. The molecule has 0 aliphatic carbocycles. The number of likely N-dealkylation sites (tertiary alicyclic amines) is 1. The number of carbonyl (C=O) groups excluding carboxylic acids is 1. The molecule has 0 radical (unpaired) electrons. The van der Waals surface area contributed by atoms with Gasteiger partial charge in [-0.3, -0.25) is 4.79 Å². The molecule has 6 heteroatoms. The van der Waals surface area contributed by atoms with E-state index < -0.39 is 18.2 Å². The first-order valence-electron chi connectivity index (χ1n) is 7.26. The number of benzene rings is 1. The third kappa shape index (κ3) is 3.55. The van der Waals surface area contributed by atoms with Crippen molar-refractivity contribution in [2.75, 3.05) is 19.7 Å². The summed E-state index contributed by atoms with van der Waals surface area (Å²) in [4.78, 5) is 24.5. The Morgan fingerprint density at radius 2 is 2.18 bits per heavy atom. The third-order valence-corrected chi connectivity index (χ3v) is 3.55. The summed E-state index contributed by atoms with van der Waals surface area (Å²) in [6.45, 7) is 4.25. The zero-order valence-electron chi connectivity index (χ0n) is 12.7. The zero-order chi connectivity index (χ0) is 16.3. The van der Waals surface area contributed by atoms with Crippen LogP contribution in [0.25, 0.3) is 0 Å². The lowest BCUT2D eigenvalue weighted by Gasteiger charge is -2.18. The predicted molar refractivity (Wildman–Crippen MR) is 78.8 cm³/mol. The topological polar surface area (TPSA) is 66.8 Å². The highest BCUT2D eigenvalue weighted by atomic mass is 19.1. The quantitative estimate of drug-likeness (QED) is 0.906. The average Bonchev–Trinajstić information content (AvgIpc) is 2.88. The van der Waals surface area contributed by atoms with Gasteiger partial charge in [0.25, 0.3) is 5.91 Å². The number of carboxylic acids is 1. The van der Waals surface area contributed by atoms with E-state index in [9.17, 15) is 14.0 Å². The number of hydrogen-bond donors (Lipinski definition) is 1. The van der Waals surface area contributed by atoms with Gasteiger partial charge in [0.1, 0.15) is 5.75 Å². The second-order valence-corrected chi connectivity index (χ2v) is 5.98. The van der Waals surface area contributed by atoms with Crippen molar-refractivity contribution in [3.63, 3.8) is 0 Å². The number of hydrogen-bond acceptors (Lipinski definition) is 3. The van der Waals surface area contributed by atoms with Gasteiger partial charge in [0.15, 0.2) is 0 Å². The lowest BCUT2D eigenvalue weighted by Crippen LogP contribution is -2.38. The molecule has 1 aliphatic rings. The van der Waals surface area contributed by atoms with Crippen LogP contribution in [0.4, 0.5) is 4.39 Å². The zero-order valence-corrected chi connectivity index (χ0v) is 12.7. The number of alkyl halides is 1. The summed E-state index contributed by atoms with van der Waals surface area (Å²) in [5.41, 5.74) is -1.97. The fraction of sp³-hybridized carbons (Fsp3) is 0.500. The molecule has 0 aromatic heterocycles. The molecule has 1 fully saturated rings. The van der Waals surface area contributed by atoms with Crippen LogP contribution in [0.5, 0.6) is 5.75 Å². The van der Waals surface area contributed by atoms with E-state index in [1.165, 1.54) is 4.90 Å². The van der Waals surface area contributed by atoms with Crippen molar-refractivity contribution in [2.24, 2.45) is 5.92 Å². The lowest BCUT2D eigenvalue weighted by molar-refractivity contribution is -0.149. The van der Waals surface area contributed by atoms with Crippen LogP contribution in [0.3, 0.4) is 0 Å². The number of aliphatic carboxylic acids is 1. The Hall–Kier alpha value is -2.11. The van der Waals surface area contributed by atoms with Crippen LogP contribution < -0.4 is 4.74 Å². The van der Waals surface area contributed by atoms with E-state index in [0.29, 0.717) is 23.8 Å². The lowest BCUT2D eigenvalue weighted by atomic mass is 10.1. The van der Waals surface area contributed by atoms with E-state index in [2.05, 4.69) is 0 Å². The fourth-order valence-electron chi connectivity index (χ4n) is 2.29. The van der Waals surface area contributed by atoms with E-state index >= 15 is 0 Å². The van der Waals surface area contributed by atoms with Crippen molar-refractivity contribution in [2.45, 2.75) is 25.9 Å². The minimum Gasteiger partial charge on any atom is -0.493 e. The summed E-state index contributed by atoms with van der Waals surface area (Å²) < 4.78 is 19.6. The maximum atomic E-state index is 14.0. The molecule has 1 N–H and O–H groups in total. The van der Waals surface area contributed by atoms with Crippen LogP contribution in [0, 0.1) is 5.92 Å². The van der Waals surface area contributed by atoms with Crippen molar-refractivity contribution in [3.8, 4) is 5.75 Å². The van der Waals surface area contributed by atoms with E-state index in [1.807, 2.05) is 13.8 Å². The van der Waals surface area contributed by atoms with Gasteiger partial charge in [-0.15, -0.1) is 0 Å². The molecule has 1 heterocycles. The summed E-state index contributed by atoms with van der Waals surface area (Å²) >= 11 is 0. The summed E-state index contributed by atoms with van der Waals surface area (Å²) in [6, 6.07) is 6.66. The Labute approximate surface area is 128 Å². The molecule has 5 nitrogen and oxygen atoms in total. The standard InChI is InChI=1S/C16H20FNO4/c1-11(2)9-22-13-5-3-4-12(8-13)14(19)18-7-6-16(17,10-18)15(20)21/h3-5,8,11H,6-7,9-10H2,1-2H3,(H,20,21). The number of carbonyl (C=O) groups is 2. The summed E-state index contributed by atoms with van der Waals surface area (Å²) in [5, 5.41) is 8.88. The van der Waals surface area contributed by atoms with Gasteiger partial charge in [-0.2, -0.15) is 0 Å². The molecule has 1 aliphatic heterocycles. The minimum atomic E-state index is -2.35. The normalized spacial score (nSPS) is 21.2. The monoisotopic (exact) mass is 309 g/mol. The van der Waals surface area contributed by atoms with Gasteiger partial charge >= 0.3 is 5.97 Å². The molecule has 1 atom stereocenters. The van der Waals surface area contributed by atoms with Crippen molar-refractivity contribution in [1.82, 2.24) is 4.90 Å². The molecular weight excluding hydrogens is 289 g/mol. The molecule has 1 unspecified atom stereocenters. The Balaban J connectivity index is 2.07. The molecule has 0 bridgehead atoms. The highest BCUT2D eigenvalue weighted by Gasteiger charge is 2.46. The van der Waals surface area contributed by atoms with E-state index in [0.717, 1.165) is 0 Å². The smallest absolute Gasteiger partial charge is 0.343 e. The number of rotatable bonds is 5. The molecule has 1 amide bonds. The molecule has 2 rings (SSSR count). The Morgan fingerprint density at radius 1 is 1.45 bits per heavy atom. The summed E-state index contributed by atoms with van der Waals surface area (Å²) in [7, 11) is 0. The van der Waals surface area contributed by atoms with E-state index in [4.69, 9.17) is 9.84 Å². The SMILES string of the molecule is CC(C)COc1cccc(C(=O)N2CCC(F)(C(=O)O)C2)c1. The fourth-order valence-corrected chi connectivity index (χ4v) is 2.29. The van der Waals surface area contributed by atoms with Gasteiger partial charge in [0.2, 0.25) is 5.67 Å². The van der Waals surface area contributed by atoms with Crippen LogP contribution in [0.2, 0.25) is 0 Å². The minimum absolute atomic E-state index is 0.0959. The van der Waals surface area contributed by atoms with Crippen molar-refractivity contribution >= 4 is 11.9 Å². The molecule has 22 heavy (non-hydrogen) atoms. The second kappa shape index (κ2) is 6.34. The number of amides is 1. The van der Waals surface area contributed by atoms with Crippen molar-refractivity contribution in [3.05, 3.63) is 29.8 Å². The van der Waals surface area contributed by atoms with Gasteiger partial charge in [0, 0.05) is 18.5 Å². The third-order valence-electron chi connectivity index (χ3n) is 3.55. The number of nitrogens with zero attached hydrogens (tertiary/aromatic N) is 1. The highest BCUT2D eigenvalue weighted by Crippen LogP contribution is 2.27. The largest absolute Gasteiger partial charge is 0.493 e. The first-order chi connectivity index (χ1) is 10.3. The first kappa shape index (κ1) is 16.3. The first-order valence-corrected chi connectivity index (χ1v) is 7.26. The van der Waals surface area contributed by atoms with Gasteiger partial charge in [-0.25, -0.2) is 9.18 Å². The summed E-state index contributed by atoms with van der Waals surface area (Å²) in [6.07, 6.45) is -0.183. The van der Waals surface area contributed by atoms with Gasteiger partial charge in [0.05, 0.1) is 13.2 Å². The molecular formula is C16H20FNO4. The molecule has 1 saturated heterocycles. The highest BCUT2D eigenvalue weighted by molar-refractivity contribution is 5.95. The van der Waals surface area contributed by atoms with Crippen LogP contribution in [0.15, 0.2) is 24.3 Å². The van der Waals surface area contributed by atoms with Crippen molar-refractivity contribution < 1.29 is 23.8 Å². The predicted octanol–water partition coefficient (Wildman–Crippen LogP) is 2.36.